The summed E-state index contributed by atoms with van der Waals surface area (Å²) in [6.45, 7) is -0.212. The number of carbonyl (C=O) groups is 4. The van der Waals surface area contributed by atoms with Crippen molar-refractivity contribution in [2.24, 2.45) is 0 Å². The summed E-state index contributed by atoms with van der Waals surface area (Å²) in [4.78, 5) is 50.6. The maximum absolute atomic E-state index is 11.6. The second-order valence-electron chi connectivity index (χ2n) is 4.26. The Hall–Kier alpha value is -2.42. The molecule has 0 unspecified atom stereocenters. The SMILES string of the molecule is O=C(COC(=O)c1ccncc1)NCCN1C(=O)CSC1=O. The number of esters is 1. The first-order valence-corrected chi connectivity index (χ1v) is 7.37. The number of pyridine rings is 1. The molecule has 0 aromatic carbocycles. The lowest BCUT2D eigenvalue weighted by Crippen LogP contribution is -2.38. The van der Waals surface area contributed by atoms with Crippen molar-refractivity contribution in [1.82, 2.24) is 15.2 Å². The Balaban J connectivity index is 1.67. The van der Waals surface area contributed by atoms with Crippen molar-refractivity contribution >= 4 is 34.8 Å². The zero-order valence-corrected chi connectivity index (χ0v) is 12.3. The molecule has 2 heterocycles. The Morgan fingerprint density at radius 1 is 1.32 bits per heavy atom. The monoisotopic (exact) mass is 323 g/mol. The summed E-state index contributed by atoms with van der Waals surface area (Å²) in [6, 6.07) is 2.95. The van der Waals surface area contributed by atoms with Crippen LogP contribution in [0.3, 0.4) is 0 Å². The highest BCUT2D eigenvalue weighted by atomic mass is 32.2. The van der Waals surface area contributed by atoms with Gasteiger partial charge in [0.25, 0.3) is 11.1 Å². The summed E-state index contributed by atoms with van der Waals surface area (Å²) in [5, 5.41) is 2.16. The number of nitrogens with zero attached hydrogens (tertiary/aromatic N) is 2. The lowest BCUT2D eigenvalue weighted by Gasteiger charge is -2.13. The summed E-state index contributed by atoms with van der Waals surface area (Å²) in [5.74, 6) is -1.27. The quantitative estimate of drug-likeness (QED) is 0.737. The Labute approximate surface area is 130 Å². The van der Waals surface area contributed by atoms with Crippen LogP contribution in [-0.2, 0) is 14.3 Å². The van der Waals surface area contributed by atoms with Gasteiger partial charge >= 0.3 is 5.97 Å². The van der Waals surface area contributed by atoms with E-state index in [2.05, 4.69) is 10.3 Å². The molecule has 0 aliphatic carbocycles. The molecule has 1 fully saturated rings. The molecular weight excluding hydrogens is 310 g/mol. The highest BCUT2D eigenvalue weighted by molar-refractivity contribution is 8.14. The number of nitrogens with one attached hydrogen (secondary N) is 1. The van der Waals surface area contributed by atoms with E-state index in [0.29, 0.717) is 5.56 Å². The van der Waals surface area contributed by atoms with E-state index in [9.17, 15) is 19.2 Å². The van der Waals surface area contributed by atoms with Crippen LogP contribution in [0.1, 0.15) is 10.4 Å². The van der Waals surface area contributed by atoms with Crippen molar-refractivity contribution < 1.29 is 23.9 Å². The Morgan fingerprint density at radius 3 is 2.68 bits per heavy atom. The lowest BCUT2D eigenvalue weighted by molar-refractivity contribution is -0.126. The average Bonchev–Trinajstić information content (AvgIpc) is 2.85. The molecule has 2 rings (SSSR count). The first kappa shape index (κ1) is 16.0. The zero-order chi connectivity index (χ0) is 15.9. The molecule has 8 nitrogen and oxygen atoms in total. The number of rotatable bonds is 6. The molecular formula is C13H13N3O5S. The van der Waals surface area contributed by atoms with Crippen molar-refractivity contribution in [2.75, 3.05) is 25.4 Å². The predicted octanol–water partition coefficient (Wildman–Crippen LogP) is 0.0500. The van der Waals surface area contributed by atoms with E-state index in [1.54, 1.807) is 0 Å². The van der Waals surface area contributed by atoms with Crippen LogP contribution in [0.4, 0.5) is 4.79 Å². The molecule has 3 amide bonds. The standard InChI is InChI=1S/C13H13N3O5S/c17-10(7-21-12(19)9-1-3-14-4-2-9)15-5-6-16-11(18)8-22-13(16)20/h1-4H,5-8H2,(H,15,17). The first-order valence-electron chi connectivity index (χ1n) is 6.39. The smallest absolute Gasteiger partial charge is 0.338 e. The minimum absolute atomic E-state index is 0.106. The van der Waals surface area contributed by atoms with E-state index in [0.717, 1.165) is 16.7 Å². The van der Waals surface area contributed by atoms with E-state index >= 15 is 0 Å². The molecule has 1 aromatic rings. The highest BCUT2D eigenvalue weighted by Crippen LogP contribution is 2.17. The molecule has 9 heteroatoms. The Kier molecular flexibility index (Phi) is 5.48. The zero-order valence-electron chi connectivity index (χ0n) is 11.5. The van der Waals surface area contributed by atoms with Crippen molar-refractivity contribution in [2.45, 2.75) is 0 Å². The first-order chi connectivity index (χ1) is 10.6. The highest BCUT2D eigenvalue weighted by Gasteiger charge is 2.29. The van der Waals surface area contributed by atoms with Gasteiger partial charge in [0.2, 0.25) is 5.91 Å². The van der Waals surface area contributed by atoms with E-state index in [4.69, 9.17) is 4.74 Å². The normalized spacial score (nSPS) is 14.1. The number of hydrogen-bond acceptors (Lipinski definition) is 7. The maximum atomic E-state index is 11.6. The van der Waals surface area contributed by atoms with Gasteiger partial charge in [0.1, 0.15) is 0 Å². The third-order valence-corrected chi connectivity index (χ3v) is 3.61. The van der Waals surface area contributed by atoms with Crippen molar-refractivity contribution in [3.63, 3.8) is 0 Å². The van der Waals surface area contributed by atoms with Gasteiger partial charge in [-0.05, 0) is 12.1 Å². The van der Waals surface area contributed by atoms with Crippen LogP contribution in [0.5, 0.6) is 0 Å². The molecule has 0 bridgehead atoms. The van der Waals surface area contributed by atoms with Crippen molar-refractivity contribution in [3.8, 4) is 0 Å². The van der Waals surface area contributed by atoms with Crippen LogP contribution in [0.2, 0.25) is 0 Å². The predicted molar refractivity (Wildman–Crippen MR) is 77.1 cm³/mol. The average molecular weight is 323 g/mol. The number of carbonyl (C=O) groups excluding carboxylic acids is 4. The Bertz CT molecular complexity index is 577. The summed E-state index contributed by atoms with van der Waals surface area (Å²) in [6.07, 6.45) is 2.89. The van der Waals surface area contributed by atoms with Crippen LogP contribution in [0.15, 0.2) is 24.5 Å². The van der Waals surface area contributed by atoms with Crippen LogP contribution < -0.4 is 5.32 Å². The van der Waals surface area contributed by atoms with Crippen LogP contribution in [0.25, 0.3) is 0 Å². The molecule has 0 saturated carbocycles. The van der Waals surface area contributed by atoms with E-state index in [1.165, 1.54) is 24.5 Å². The fourth-order valence-electron chi connectivity index (χ4n) is 1.66. The fourth-order valence-corrected chi connectivity index (χ4v) is 2.41. The molecule has 0 radical (unpaired) electrons. The minimum atomic E-state index is -0.626. The van der Waals surface area contributed by atoms with Crippen LogP contribution in [-0.4, -0.2) is 58.4 Å². The largest absolute Gasteiger partial charge is 0.452 e. The molecule has 1 N–H and O–H groups in total. The number of imide groups is 1. The van der Waals surface area contributed by atoms with E-state index in [1.807, 2.05) is 0 Å². The van der Waals surface area contributed by atoms with E-state index in [-0.39, 0.29) is 30.0 Å². The van der Waals surface area contributed by atoms with Crippen LogP contribution in [0, 0.1) is 0 Å². The minimum Gasteiger partial charge on any atom is -0.452 e. The molecule has 1 aliphatic heterocycles. The number of amides is 3. The molecule has 1 saturated heterocycles. The van der Waals surface area contributed by atoms with Crippen molar-refractivity contribution in [1.29, 1.82) is 0 Å². The molecule has 22 heavy (non-hydrogen) atoms. The topological polar surface area (TPSA) is 106 Å². The number of aromatic nitrogens is 1. The van der Waals surface area contributed by atoms with Gasteiger partial charge < -0.3 is 10.1 Å². The number of ether oxygens (including phenoxy) is 1. The third-order valence-electron chi connectivity index (χ3n) is 2.75. The third kappa shape index (κ3) is 4.29. The number of thioether (sulfide) groups is 1. The molecule has 0 spiro atoms. The van der Waals surface area contributed by atoms with Gasteiger partial charge in [0, 0.05) is 25.5 Å². The summed E-state index contributed by atoms with van der Waals surface area (Å²) in [5.41, 5.74) is 0.299. The van der Waals surface area contributed by atoms with E-state index < -0.39 is 18.5 Å². The summed E-state index contributed by atoms with van der Waals surface area (Å²) < 4.78 is 4.82. The molecule has 0 atom stereocenters. The Morgan fingerprint density at radius 2 is 2.05 bits per heavy atom. The molecule has 1 aliphatic rings. The van der Waals surface area contributed by atoms with Gasteiger partial charge in [-0.3, -0.25) is 24.3 Å². The van der Waals surface area contributed by atoms with Crippen molar-refractivity contribution in [3.05, 3.63) is 30.1 Å². The van der Waals surface area contributed by atoms with Gasteiger partial charge in [-0.2, -0.15) is 0 Å². The molecule has 1 aromatic heterocycles. The second kappa shape index (κ2) is 7.55. The molecule has 116 valence electrons. The number of hydrogen-bond donors (Lipinski definition) is 1. The van der Waals surface area contributed by atoms with Gasteiger partial charge in [0.15, 0.2) is 6.61 Å². The maximum Gasteiger partial charge on any atom is 0.338 e. The van der Waals surface area contributed by atoms with Gasteiger partial charge in [-0.1, -0.05) is 11.8 Å². The summed E-state index contributed by atoms with van der Waals surface area (Å²) >= 11 is 0.934. The van der Waals surface area contributed by atoms with Gasteiger partial charge in [-0.25, -0.2) is 4.79 Å². The van der Waals surface area contributed by atoms with Gasteiger partial charge in [0.05, 0.1) is 11.3 Å². The fraction of sp³-hybridized carbons (Fsp3) is 0.308. The van der Waals surface area contributed by atoms with Gasteiger partial charge in [-0.15, -0.1) is 0 Å². The lowest BCUT2D eigenvalue weighted by atomic mass is 10.3. The summed E-state index contributed by atoms with van der Waals surface area (Å²) in [7, 11) is 0. The second-order valence-corrected chi connectivity index (χ2v) is 5.19. The van der Waals surface area contributed by atoms with Crippen LogP contribution >= 0.6 is 11.8 Å².